The summed E-state index contributed by atoms with van der Waals surface area (Å²) in [7, 11) is 0. The van der Waals surface area contributed by atoms with Gasteiger partial charge in [0.15, 0.2) is 5.82 Å². The number of hydrogen-bond donors (Lipinski definition) is 0. The Bertz CT molecular complexity index is 1080. The Balaban J connectivity index is 1.30. The Hall–Kier alpha value is -3.03. The molecule has 0 spiro atoms. The van der Waals surface area contributed by atoms with Gasteiger partial charge in [-0.3, -0.25) is 4.90 Å². The fraction of sp³-hybridized carbons (Fsp3) is 0.190. The number of fused-ring (bicyclic) bond motifs is 1. The van der Waals surface area contributed by atoms with Crippen LogP contribution in [0, 0.1) is 0 Å². The average molecular weight is 386 g/mol. The maximum absolute atomic E-state index is 4.74. The predicted molar refractivity (Wildman–Crippen MR) is 108 cm³/mol. The highest BCUT2D eigenvalue weighted by molar-refractivity contribution is 7.15. The van der Waals surface area contributed by atoms with Gasteiger partial charge in [0.2, 0.25) is 0 Å². The van der Waals surface area contributed by atoms with Gasteiger partial charge in [-0.2, -0.15) is 0 Å². The van der Waals surface area contributed by atoms with E-state index in [1.54, 1.807) is 23.7 Å². The Morgan fingerprint density at radius 3 is 2.64 bits per heavy atom. The van der Waals surface area contributed by atoms with Gasteiger partial charge in [0.05, 0.1) is 11.3 Å². The first-order chi connectivity index (χ1) is 13.8. The van der Waals surface area contributed by atoms with Crippen LogP contribution in [0.2, 0.25) is 0 Å². The van der Waals surface area contributed by atoms with Crippen LogP contribution in [0.1, 0.15) is 16.1 Å². The van der Waals surface area contributed by atoms with E-state index in [-0.39, 0.29) is 0 Å². The normalized spacial score (nSPS) is 14.0. The molecule has 0 bridgehead atoms. The number of aromatic nitrogens is 5. The number of hydrogen-bond acceptors (Lipinski definition) is 7. The molecule has 0 saturated carbocycles. The Morgan fingerprint density at radius 1 is 0.929 bits per heavy atom. The highest BCUT2D eigenvalue weighted by atomic mass is 32.1. The second-order valence-electron chi connectivity index (χ2n) is 6.75. The van der Waals surface area contributed by atoms with Crippen LogP contribution in [-0.2, 0) is 19.5 Å². The van der Waals surface area contributed by atoms with Crippen molar-refractivity contribution in [1.29, 1.82) is 0 Å². The van der Waals surface area contributed by atoms with E-state index in [1.165, 1.54) is 22.3 Å². The Labute approximate surface area is 167 Å². The number of nitrogens with zero attached hydrogens (tertiary/aromatic N) is 6. The third-order valence-corrected chi connectivity index (χ3v) is 5.82. The average Bonchev–Trinajstić information content (AvgIpc) is 3.23. The van der Waals surface area contributed by atoms with Gasteiger partial charge in [0.25, 0.3) is 0 Å². The summed E-state index contributed by atoms with van der Waals surface area (Å²) in [5.74, 6) is 0.697. The maximum atomic E-state index is 4.74. The summed E-state index contributed by atoms with van der Waals surface area (Å²) >= 11 is 1.76. The van der Waals surface area contributed by atoms with E-state index in [2.05, 4.69) is 37.0 Å². The van der Waals surface area contributed by atoms with E-state index in [9.17, 15) is 0 Å². The minimum atomic E-state index is 0.697. The molecule has 0 atom stereocenters. The molecular formula is C21H18N6S. The SMILES string of the molecule is c1ccc(-c2ncc(CN3CCc4nc(-c5cncnc5)ncc4C3)s2)cc1. The molecule has 1 aromatic carbocycles. The van der Waals surface area contributed by atoms with E-state index in [0.717, 1.165) is 42.3 Å². The molecule has 0 saturated heterocycles. The van der Waals surface area contributed by atoms with Crippen molar-refractivity contribution in [2.75, 3.05) is 6.54 Å². The predicted octanol–water partition coefficient (Wildman–Crippen LogP) is 3.62. The van der Waals surface area contributed by atoms with Gasteiger partial charge >= 0.3 is 0 Å². The van der Waals surface area contributed by atoms with Crippen LogP contribution in [0.3, 0.4) is 0 Å². The smallest absolute Gasteiger partial charge is 0.162 e. The molecular weight excluding hydrogens is 368 g/mol. The van der Waals surface area contributed by atoms with E-state index in [0.29, 0.717) is 5.82 Å². The van der Waals surface area contributed by atoms with E-state index >= 15 is 0 Å². The lowest BCUT2D eigenvalue weighted by molar-refractivity contribution is 0.245. The van der Waals surface area contributed by atoms with Crippen molar-refractivity contribution in [3.63, 3.8) is 0 Å². The quantitative estimate of drug-likeness (QED) is 0.534. The molecule has 0 unspecified atom stereocenters. The summed E-state index contributed by atoms with van der Waals surface area (Å²) in [5, 5.41) is 1.08. The highest BCUT2D eigenvalue weighted by Gasteiger charge is 2.20. The zero-order chi connectivity index (χ0) is 18.8. The lowest BCUT2D eigenvalue weighted by atomic mass is 10.1. The first-order valence-corrected chi connectivity index (χ1v) is 9.99. The monoisotopic (exact) mass is 386 g/mol. The molecule has 1 aliphatic heterocycles. The van der Waals surface area contributed by atoms with Crippen molar-refractivity contribution in [2.45, 2.75) is 19.5 Å². The molecule has 6 nitrogen and oxygen atoms in total. The third-order valence-electron chi connectivity index (χ3n) is 4.79. The van der Waals surface area contributed by atoms with E-state index in [4.69, 9.17) is 4.98 Å². The molecule has 28 heavy (non-hydrogen) atoms. The molecule has 0 N–H and O–H groups in total. The molecule has 1 aliphatic rings. The number of benzene rings is 1. The first-order valence-electron chi connectivity index (χ1n) is 9.18. The lowest BCUT2D eigenvalue weighted by Crippen LogP contribution is -2.30. The van der Waals surface area contributed by atoms with Gasteiger partial charge in [0, 0.05) is 66.8 Å². The van der Waals surface area contributed by atoms with Gasteiger partial charge in [0.1, 0.15) is 11.3 Å². The van der Waals surface area contributed by atoms with Crippen LogP contribution in [0.4, 0.5) is 0 Å². The van der Waals surface area contributed by atoms with Gasteiger partial charge in [-0.15, -0.1) is 11.3 Å². The van der Waals surface area contributed by atoms with Gasteiger partial charge in [-0.1, -0.05) is 30.3 Å². The molecule has 0 amide bonds. The van der Waals surface area contributed by atoms with Crippen LogP contribution >= 0.6 is 11.3 Å². The molecule has 0 fully saturated rings. The van der Waals surface area contributed by atoms with Crippen LogP contribution in [0.5, 0.6) is 0 Å². The highest BCUT2D eigenvalue weighted by Crippen LogP contribution is 2.27. The van der Waals surface area contributed by atoms with Crippen LogP contribution < -0.4 is 0 Å². The molecule has 138 valence electrons. The standard InChI is InChI=1S/C21H18N6S/c1-2-4-15(5-3-1)21-25-11-18(28-21)13-27-7-6-19-17(12-27)10-24-20(26-19)16-8-22-14-23-9-16/h1-5,8-11,14H,6-7,12-13H2. The molecule has 5 rings (SSSR count). The van der Waals surface area contributed by atoms with Crippen LogP contribution in [-0.4, -0.2) is 36.4 Å². The second kappa shape index (κ2) is 7.53. The number of rotatable bonds is 4. The fourth-order valence-electron chi connectivity index (χ4n) is 3.38. The van der Waals surface area contributed by atoms with Crippen molar-refractivity contribution < 1.29 is 0 Å². The van der Waals surface area contributed by atoms with Crippen molar-refractivity contribution in [3.8, 4) is 22.0 Å². The Morgan fingerprint density at radius 2 is 1.79 bits per heavy atom. The van der Waals surface area contributed by atoms with Crippen molar-refractivity contribution in [2.24, 2.45) is 0 Å². The summed E-state index contributed by atoms with van der Waals surface area (Å²) in [5.41, 5.74) is 4.35. The lowest BCUT2D eigenvalue weighted by Gasteiger charge is -2.27. The summed E-state index contributed by atoms with van der Waals surface area (Å²) < 4.78 is 0. The van der Waals surface area contributed by atoms with Gasteiger partial charge in [-0.25, -0.2) is 24.9 Å². The number of thiazole rings is 1. The minimum absolute atomic E-state index is 0.697. The van der Waals surface area contributed by atoms with Gasteiger partial charge < -0.3 is 0 Å². The molecule has 7 heteroatoms. The summed E-state index contributed by atoms with van der Waals surface area (Å²) in [4.78, 5) is 25.7. The summed E-state index contributed by atoms with van der Waals surface area (Å²) in [6, 6.07) is 10.3. The third kappa shape index (κ3) is 3.54. The fourth-order valence-corrected chi connectivity index (χ4v) is 4.34. The zero-order valence-corrected chi connectivity index (χ0v) is 16.0. The van der Waals surface area contributed by atoms with Crippen LogP contribution in [0.25, 0.3) is 22.0 Å². The van der Waals surface area contributed by atoms with Crippen molar-refractivity contribution in [1.82, 2.24) is 29.8 Å². The summed E-state index contributed by atoms with van der Waals surface area (Å²) in [6.07, 6.45) is 9.87. The topological polar surface area (TPSA) is 67.7 Å². The van der Waals surface area contributed by atoms with E-state index < -0.39 is 0 Å². The molecule has 0 aliphatic carbocycles. The van der Waals surface area contributed by atoms with E-state index in [1.807, 2.05) is 30.6 Å². The van der Waals surface area contributed by atoms with Gasteiger partial charge in [-0.05, 0) is 0 Å². The molecule has 3 aromatic heterocycles. The Kier molecular flexibility index (Phi) is 4.60. The largest absolute Gasteiger partial charge is 0.293 e. The zero-order valence-electron chi connectivity index (χ0n) is 15.2. The first kappa shape index (κ1) is 17.1. The molecule has 4 heterocycles. The maximum Gasteiger partial charge on any atom is 0.162 e. The van der Waals surface area contributed by atoms with Crippen molar-refractivity contribution >= 4 is 11.3 Å². The minimum Gasteiger partial charge on any atom is -0.293 e. The summed E-state index contributed by atoms with van der Waals surface area (Å²) in [6.45, 7) is 2.74. The molecule has 0 radical (unpaired) electrons. The molecule has 4 aromatic rings. The van der Waals surface area contributed by atoms with Crippen molar-refractivity contribution in [3.05, 3.63) is 77.6 Å². The second-order valence-corrected chi connectivity index (χ2v) is 7.87. The van der Waals surface area contributed by atoms with Crippen LogP contribution in [0.15, 0.2) is 61.4 Å².